The van der Waals surface area contributed by atoms with Crippen LogP contribution in [0.1, 0.15) is 104 Å². The van der Waals surface area contributed by atoms with Gasteiger partial charge in [-0.2, -0.15) is 36.5 Å². The van der Waals surface area contributed by atoms with Crippen molar-refractivity contribution in [3.8, 4) is 22.9 Å². The zero-order valence-corrected chi connectivity index (χ0v) is 42.1. The third-order valence-corrected chi connectivity index (χ3v) is 13.2. The third-order valence-electron chi connectivity index (χ3n) is 13.2. The lowest BCUT2D eigenvalue weighted by Gasteiger charge is -2.14. The molecule has 0 saturated heterocycles. The van der Waals surface area contributed by atoms with Gasteiger partial charge in [0.2, 0.25) is 0 Å². The van der Waals surface area contributed by atoms with Crippen molar-refractivity contribution >= 4 is 23.1 Å². The van der Waals surface area contributed by atoms with Crippen molar-refractivity contribution in [3.63, 3.8) is 0 Å². The summed E-state index contributed by atoms with van der Waals surface area (Å²) in [5, 5.41) is 27.9. The lowest BCUT2D eigenvalue weighted by atomic mass is 10.1. The molecular weight excluding hydrogens is 1060 g/mol. The number of methoxy groups -OCH3 is 2. The van der Waals surface area contributed by atoms with E-state index in [2.05, 4.69) is 75.9 Å². The number of carbonyl (C=O) groups excluding carboxylic acids is 2. The highest BCUT2D eigenvalue weighted by molar-refractivity contribution is 5.92. The van der Waals surface area contributed by atoms with E-state index in [1.807, 2.05) is 33.3 Å². The standard InChI is InChI=1S/2C26H22F4N8O2/c2*1-40-21-6-5-20(38-9-8-22(34-38)26(28,29)30)18(24(21)27)10-31-25(39)19-14-37(35-33-19)13-17-12-36-11-16(15-2-3-15)4-7-23(36)32-17/h2*4-9,11-12,14-15H,2-3,10,13H2,1H3,(H,31,39). The monoisotopic (exact) mass is 1110 g/mol. The Bertz CT molecular complexity index is 3690. The van der Waals surface area contributed by atoms with Crippen LogP contribution in [-0.2, 0) is 38.5 Å². The van der Waals surface area contributed by atoms with Gasteiger partial charge in [-0.1, -0.05) is 22.6 Å². The predicted molar refractivity (Wildman–Crippen MR) is 265 cm³/mol. The Hall–Kier alpha value is -9.50. The molecule has 80 heavy (non-hydrogen) atoms. The van der Waals surface area contributed by atoms with E-state index in [1.165, 1.54) is 97.1 Å². The molecule has 0 radical (unpaired) electrons. The van der Waals surface area contributed by atoms with Crippen molar-refractivity contribution in [2.24, 2.45) is 0 Å². The average Bonchev–Trinajstić information content (AvgIpc) is 3.92. The van der Waals surface area contributed by atoms with E-state index in [9.17, 15) is 35.9 Å². The molecule has 0 aliphatic heterocycles. The molecule has 2 fully saturated rings. The van der Waals surface area contributed by atoms with Gasteiger partial charge < -0.3 is 28.9 Å². The quantitative estimate of drug-likeness (QED) is 0.0877. The highest BCUT2D eigenvalue weighted by Crippen LogP contribution is 2.41. The van der Waals surface area contributed by atoms with Crippen molar-refractivity contribution in [2.45, 2.75) is 76.1 Å². The molecule has 2 aliphatic carbocycles. The number of carbonyl (C=O) groups is 2. The van der Waals surface area contributed by atoms with Crippen LogP contribution >= 0.6 is 0 Å². The average molecular weight is 1110 g/mol. The van der Waals surface area contributed by atoms with Gasteiger partial charge in [0.15, 0.2) is 45.9 Å². The Morgan fingerprint density at radius 2 is 0.975 bits per heavy atom. The van der Waals surface area contributed by atoms with Gasteiger partial charge in [-0.3, -0.25) is 9.59 Å². The van der Waals surface area contributed by atoms with Crippen molar-refractivity contribution < 1.29 is 54.2 Å². The topological polar surface area (TPSA) is 208 Å². The number of hydrogen-bond acceptors (Lipinski definition) is 12. The smallest absolute Gasteiger partial charge is 0.435 e. The van der Waals surface area contributed by atoms with Crippen LogP contribution in [0.2, 0.25) is 0 Å². The molecule has 2 aromatic carbocycles. The minimum Gasteiger partial charge on any atom is -0.494 e. The number of pyridine rings is 2. The first-order valence-electron chi connectivity index (χ1n) is 24.7. The molecule has 2 amide bonds. The van der Waals surface area contributed by atoms with Gasteiger partial charge in [0.1, 0.15) is 11.3 Å². The number of alkyl halides is 6. The summed E-state index contributed by atoms with van der Waals surface area (Å²) in [7, 11) is 2.51. The van der Waals surface area contributed by atoms with Gasteiger partial charge in [-0.25, -0.2) is 37.5 Å². The number of hydrogen-bond donors (Lipinski definition) is 2. The second-order valence-electron chi connectivity index (χ2n) is 18.9. The van der Waals surface area contributed by atoms with E-state index in [0.717, 1.165) is 56.6 Å². The fourth-order valence-electron chi connectivity index (χ4n) is 8.88. The highest BCUT2D eigenvalue weighted by Gasteiger charge is 2.35. The summed E-state index contributed by atoms with van der Waals surface area (Å²) in [6.45, 7) is -0.200. The fraction of sp³-hybridized carbons (Fsp3) is 0.269. The molecular formula is C52H44F8N16O4. The van der Waals surface area contributed by atoms with Gasteiger partial charge in [-0.15, -0.1) is 10.2 Å². The maximum absolute atomic E-state index is 15.1. The zero-order valence-electron chi connectivity index (χ0n) is 42.1. The molecule has 0 atom stereocenters. The number of nitrogens with zero attached hydrogens (tertiary/aromatic N) is 14. The number of halogens is 8. The lowest BCUT2D eigenvalue weighted by Crippen LogP contribution is -2.25. The number of imidazole rings is 2. The van der Waals surface area contributed by atoms with Crippen molar-refractivity contribution in [2.75, 3.05) is 14.2 Å². The maximum Gasteiger partial charge on any atom is 0.435 e. The lowest BCUT2D eigenvalue weighted by molar-refractivity contribution is -0.142. The van der Waals surface area contributed by atoms with Gasteiger partial charge in [0.25, 0.3) is 11.8 Å². The molecule has 28 heteroatoms. The van der Waals surface area contributed by atoms with E-state index in [4.69, 9.17) is 9.47 Å². The number of nitrogens with one attached hydrogen (secondary N) is 2. The van der Waals surface area contributed by atoms with Crippen molar-refractivity contribution in [3.05, 3.63) is 178 Å². The predicted octanol–water partition coefficient (Wildman–Crippen LogP) is 8.27. The molecule has 12 rings (SSSR count). The Labute approximate surface area is 446 Å². The molecule has 2 aliphatic rings. The number of fused-ring (bicyclic) bond motifs is 2. The zero-order chi connectivity index (χ0) is 56.0. The van der Waals surface area contributed by atoms with Crippen LogP contribution in [0.5, 0.6) is 11.5 Å². The highest BCUT2D eigenvalue weighted by atomic mass is 19.4. The summed E-state index contributed by atoms with van der Waals surface area (Å²) < 4.78 is 127. The van der Waals surface area contributed by atoms with Gasteiger partial charge >= 0.3 is 12.4 Å². The van der Waals surface area contributed by atoms with Crippen LogP contribution < -0.4 is 20.1 Å². The summed E-state index contributed by atoms with van der Waals surface area (Å²) in [5.41, 5.74) is 3.07. The molecule has 0 unspecified atom stereocenters. The van der Waals surface area contributed by atoms with Crippen LogP contribution in [0.3, 0.4) is 0 Å². The first-order chi connectivity index (χ1) is 38.4. The molecule has 8 heterocycles. The van der Waals surface area contributed by atoms with Gasteiger partial charge in [0, 0.05) is 61.4 Å². The van der Waals surface area contributed by atoms with Crippen LogP contribution in [-0.4, -0.2) is 94.4 Å². The first-order valence-corrected chi connectivity index (χ1v) is 24.7. The molecule has 10 aromatic rings. The van der Waals surface area contributed by atoms with Crippen molar-refractivity contribution in [1.29, 1.82) is 0 Å². The molecule has 0 bridgehead atoms. The van der Waals surface area contributed by atoms with Crippen LogP contribution in [0.4, 0.5) is 35.1 Å². The third kappa shape index (κ3) is 11.3. The SMILES string of the molecule is COc1ccc(-n2ccc(C(F)(F)F)n2)c(CNC(=O)c2cn(Cc3cn4cc(C5CC5)ccc4n3)nn2)c1F.COc1ccc(-n2ccc(C(F)(F)F)n2)c(CNC(=O)c2cn(Cc3cn4cc(C5CC5)ccc4n3)nn2)c1F. The second kappa shape index (κ2) is 21.0. The van der Waals surface area contributed by atoms with E-state index in [1.54, 1.807) is 0 Å². The first kappa shape index (κ1) is 52.5. The van der Waals surface area contributed by atoms with Crippen LogP contribution in [0.25, 0.3) is 22.7 Å². The molecule has 2 N–H and O–H groups in total. The van der Waals surface area contributed by atoms with E-state index >= 15 is 8.78 Å². The van der Waals surface area contributed by atoms with E-state index < -0.39 is 47.2 Å². The Kier molecular flexibility index (Phi) is 13.8. The molecule has 20 nitrogen and oxygen atoms in total. The fourth-order valence-corrected chi connectivity index (χ4v) is 8.88. The number of ether oxygens (including phenoxy) is 2. The number of aromatic nitrogens is 14. The summed E-state index contributed by atoms with van der Waals surface area (Å²) in [5.74, 6) is -2.04. The van der Waals surface area contributed by atoms with Crippen LogP contribution in [0.15, 0.2) is 110 Å². The number of amides is 2. The largest absolute Gasteiger partial charge is 0.494 e. The molecule has 412 valence electrons. The Morgan fingerprint density at radius 3 is 1.34 bits per heavy atom. The minimum atomic E-state index is -4.67. The molecule has 8 aromatic heterocycles. The summed E-state index contributed by atoms with van der Waals surface area (Å²) >= 11 is 0. The number of rotatable bonds is 16. The van der Waals surface area contributed by atoms with Crippen molar-refractivity contribution in [1.82, 2.24) is 79.0 Å². The summed E-state index contributed by atoms with van der Waals surface area (Å²) in [4.78, 5) is 34.8. The van der Waals surface area contributed by atoms with Crippen LogP contribution in [0, 0.1) is 11.6 Å². The van der Waals surface area contributed by atoms with E-state index in [-0.39, 0.29) is 71.6 Å². The Balaban J connectivity index is 0.000000169. The summed E-state index contributed by atoms with van der Waals surface area (Å²) in [6, 6.07) is 14.9. The second-order valence-corrected chi connectivity index (χ2v) is 18.9. The number of benzene rings is 2. The normalized spacial score (nSPS) is 13.6. The molecule has 2 saturated carbocycles. The summed E-state index contributed by atoms with van der Waals surface area (Å²) in [6.07, 6.45) is 8.39. The van der Waals surface area contributed by atoms with Gasteiger partial charge in [-0.05, 0) is 97.2 Å². The maximum atomic E-state index is 15.1. The minimum absolute atomic E-state index is 0.00875. The Morgan fingerprint density at radius 1 is 0.562 bits per heavy atom. The van der Waals surface area contributed by atoms with Gasteiger partial charge in [0.05, 0.1) is 62.5 Å². The van der Waals surface area contributed by atoms with E-state index in [0.29, 0.717) is 11.8 Å². The molecule has 0 spiro atoms.